The number of aromatic amines is 1. The Morgan fingerprint density at radius 3 is 2.80 bits per heavy atom. The molecule has 3 aromatic heterocycles. The van der Waals surface area contributed by atoms with E-state index in [1.807, 2.05) is 5.38 Å². The van der Waals surface area contributed by atoms with Gasteiger partial charge in [0.1, 0.15) is 11.2 Å². The number of carbonyl (C=O) groups is 1. The minimum absolute atomic E-state index is 0.0736. The average Bonchev–Trinajstić information content (AvgIpc) is 3.30. The predicted octanol–water partition coefficient (Wildman–Crippen LogP) is 4.26. The molecule has 4 aromatic rings. The number of ketones is 1. The largest absolute Gasteiger partial charge is 0.469 e. The topological polar surface area (TPSA) is 67.9 Å². The lowest BCUT2D eigenvalue weighted by atomic mass is 10.0. The van der Waals surface area contributed by atoms with Gasteiger partial charge in [0.15, 0.2) is 6.61 Å². The molecule has 0 fully saturated rings. The van der Waals surface area contributed by atoms with Crippen LogP contribution in [0.15, 0.2) is 54.3 Å². The van der Waals surface area contributed by atoms with Gasteiger partial charge in [0.25, 0.3) is 0 Å². The molecule has 0 spiro atoms. The third-order valence-electron chi connectivity index (χ3n) is 3.94. The summed E-state index contributed by atoms with van der Waals surface area (Å²) in [5, 5.41) is 2.89. The molecule has 5 nitrogen and oxygen atoms in total. The number of aryl methyl sites for hydroxylation is 1. The Kier molecular flexibility index (Phi) is 4.03. The van der Waals surface area contributed by atoms with Gasteiger partial charge in [-0.1, -0.05) is 29.8 Å². The van der Waals surface area contributed by atoms with Gasteiger partial charge >= 0.3 is 0 Å². The van der Waals surface area contributed by atoms with Crippen molar-refractivity contribution in [3.63, 3.8) is 0 Å². The summed E-state index contributed by atoms with van der Waals surface area (Å²) in [6.45, 7) is 1.98. The van der Waals surface area contributed by atoms with E-state index < -0.39 is 0 Å². The molecule has 0 bridgehead atoms. The van der Waals surface area contributed by atoms with E-state index in [1.165, 1.54) is 23.2 Å². The Hall–Kier alpha value is -2.99. The van der Waals surface area contributed by atoms with Gasteiger partial charge in [-0.15, -0.1) is 11.3 Å². The molecule has 3 heterocycles. The number of fused-ring (bicyclic) bond motifs is 1. The van der Waals surface area contributed by atoms with Crippen LogP contribution in [-0.2, 0) is 0 Å². The van der Waals surface area contributed by atoms with Gasteiger partial charge in [0.05, 0.1) is 11.1 Å². The molecule has 0 aliphatic rings. The maximum atomic E-state index is 12.1. The molecule has 6 heteroatoms. The quantitative estimate of drug-likeness (QED) is 0.547. The number of H-pyrrole nitrogens is 1. The number of ether oxygens (including phenoxy) is 1. The van der Waals surface area contributed by atoms with Gasteiger partial charge in [-0.3, -0.25) is 4.79 Å². The number of benzene rings is 1. The van der Waals surface area contributed by atoms with Crippen LogP contribution >= 0.6 is 11.3 Å². The Bertz CT molecular complexity index is 1020. The molecule has 25 heavy (non-hydrogen) atoms. The average molecular weight is 349 g/mol. The zero-order valence-electron chi connectivity index (χ0n) is 13.5. The highest BCUT2D eigenvalue weighted by molar-refractivity contribution is 7.17. The summed E-state index contributed by atoms with van der Waals surface area (Å²) >= 11 is 1.54. The Balaban J connectivity index is 1.68. The normalized spacial score (nSPS) is 10.9. The minimum atomic E-state index is -0.121. The van der Waals surface area contributed by atoms with Crippen LogP contribution in [0.2, 0.25) is 0 Å². The molecule has 0 aliphatic heterocycles. The van der Waals surface area contributed by atoms with Gasteiger partial charge in [-0.05, 0) is 24.6 Å². The lowest BCUT2D eigenvalue weighted by Crippen LogP contribution is -2.12. The molecule has 0 aliphatic carbocycles. The summed E-state index contributed by atoms with van der Waals surface area (Å²) in [5.41, 5.74) is 3.82. The van der Waals surface area contributed by atoms with E-state index in [4.69, 9.17) is 4.74 Å². The number of rotatable bonds is 5. The van der Waals surface area contributed by atoms with Crippen LogP contribution in [0.3, 0.4) is 0 Å². The first-order valence-corrected chi connectivity index (χ1v) is 8.69. The van der Waals surface area contributed by atoms with Gasteiger partial charge in [0, 0.05) is 17.1 Å². The van der Waals surface area contributed by atoms with E-state index in [-0.39, 0.29) is 12.4 Å². The number of Topliss-reactive ketones (excluding diaryl/α,β-unsaturated/α-hetero) is 1. The number of aromatic nitrogens is 3. The molecule has 4 rings (SSSR count). The number of nitrogens with zero attached hydrogens (tertiary/aromatic N) is 2. The summed E-state index contributed by atoms with van der Waals surface area (Å²) in [6.07, 6.45) is 3.18. The van der Waals surface area contributed by atoms with Gasteiger partial charge < -0.3 is 9.72 Å². The van der Waals surface area contributed by atoms with Crippen LogP contribution < -0.4 is 4.74 Å². The van der Waals surface area contributed by atoms with Crippen LogP contribution in [-0.4, -0.2) is 27.3 Å². The smallest absolute Gasteiger partial charge is 0.226 e. The van der Waals surface area contributed by atoms with Crippen molar-refractivity contribution in [2.45, 2.75) is 6.92 Å². The highest BCUT2D eigenvalue weighted by Crippen LogP contribution is 2.37. The number of hydrogen-bond acceptors (Lipinski definition) is 5. The maximum Gasteiger partial charge on any atom is 0.226 e. The van der Waals surface area contributed by atoms with E-state index in [0.717, 1.165) is 21.3 Å². The van der Waals surface area contributed by atoms with Crippen LogP contribution in [0.1, 0.15) is 16.1 Å². The SMILES string of the molecule is Cc1ccc(-c2csc3ncnc(OCC(=O)c4ccc[nH]4)c23)cc1. The van der Waals surface area contributed by atoms with Gasteiger partial charge in [-0.25, -0.2) is 9.97 Å². The first-order valence-electron chi connectivity index (χ1n) is 7.81. The Labute approximate surface area is 148 Å². The van der Waals surface area contributed by atoms with Crippen molar-refractivity contribution in [1.29, 1.82) is 0 Å². The lowest BCUT2D eigenvalue weighted by Gasteiger charge is -2.07. The first-order chi connectivity index (χ1) is 12.2. The van der Waals surface area contributed by atoms with Crippen molar-refractivity contribution in [1.82, 2.24) is 15.0 Å². The van der Waals surface area contributed by atoms with Crippen molar-refractivity contribution < 1.29 is 9.53 Å². The van der Waals surface area contributed by atoms with Crippen molar-refractivity contribution >= 4 is 27.3 Å². The molecule has 0 saturated carbocycles. The molecular formula is C19H15N3O2S. The van der Waals surface area contributed by atoms with E-state index in [1.54, 1.807) is 18.3 Å². The molecule has 0 saturated heterocycles. The first kappa shape index (κ1) is 15.5. The third kappa shape index (κ3) is 3.04. The molecule has 0 radical (unpaired) electrons. The number of hydrogen-bond donors (Lipinski definition) is 1. The maximum absolute atomic E-state index is 12.1. The summed E-state index contributed by atoms with van der Waals surface area (Å²) in [4.78, 5) is 24.4. The number of thiophene rings is 1. The Morgan fingerprint density at radius 1 is 1.20 bits per heavy atom. The van der Waals surface area contributed by atoms with Crippen LogP contribution in [0.4, 0.5) is 0 Å². The Morgan fingerprint density at radius 2 is 2.04 bits per heavy atom. The third-order valence-corrected chi connectivity index (χ3v) is 4.82. The summed E-state index contributed by atoms with van der Waals surface area (Å²) in [5.74, 6) is 0.311. The fourth-order valence-corrected chi connectivity index (χ4v) is 3.52. The van der Waals surface area contributed by atoms with E-state index in [0.29, 0.717) is 11.6 Å². The predicted molar refractivity (Wildman–Crippen MR) is 98.2 cm³/mol. The van der Waals surface area contributed by atoms with Crippen LogP contribution in [0.25, 0.3) is 21.3 Å². The molecule has 1 aromatic carbocycles. The molecule has 0 amide bonds. The van der Waals surface area contributed by atoms with E-state index >= 15 is 0 Å². The molecule has 124 valence electrons. The second-order valence-electron chi connectivity index (χ2n) is 5.67. The highest BCUT2D eigenvalue weighted by atomic mass is 32.1. The standard InChI is InChI=1S/C19H15N3O2S/c1-12-4-6-13(7-5-12)14-10-25-19-17(14)18(21-11-22-19)24-9-16(23)15-3-2-8-20-15/h2-8,10-11,20H,9H2,1H3. The monoisotopic (exact) mass is 349 g/mol. The van der Waals surface area contributed by atoms with E-state index in [9.17, 15) is 4.79 Å². The summed E-state index contributed by atoms with van der Waals surface area (Å²) < 4.78 is 5.74. The second kappa shape index (κ2) is 6.49. The number of nitrogens with one attached hydrogen (secondary N) is 1. The van der Waals surface area contributed by atoms with Crippen molar-refractivity contribution in [3.05, 3.63) is 65.6 Å². The zero-order chi connectivity index (χ0) is 17.2. The van der Waals surface area contributed by atoms with Gasteiger partial charge in [-0.2, -0.15) is 0 Å². The van der Waals surface area contributed by atoms with Crippen LogP contribution in [0, 0.1) is 6.92 Å². The van der Waals surface area contributed by atoms with Gasteiger partial charge in [0.2, 0.25) is 11.7 Å². The number of carbonyl (C=O) groups excluding carboxylic acids is 1. The second-order valence-corrected chi connectivity index (χ2v) is 6.53. The lowest BCUT2D eigenvalue weighted by molar-refractivity contribution is 0.0915. The van der Waals surface area contributed by atoms with E-state index in [2.05, 4.69) is 46.1 Å². The molecule has 0 atom stereocenters. The minimum Gasteiger partial charge on any atom is -0.469 e. The fourth-order valence-electron chi connectivity index (χ4n) is 2.62. The molecule has 0 unspecified atom stereocenters. The summed E-state index contributed by atoms with van der Waals surface area (Å²) in [7, 11) is 0. The zero-order valence-corrected chi connectivity index (χ0v) is 14.3. The van der Waals surface area contributed by atoms with Crippen LogP contribution in [0.5, 0.6) is 5.88 Å². The molecular weight excluding hydrogens is 334 g/mol. The van der Waals surface area contributed by atoms with Crippen molar-refractivity contribution in [2.75, 3.05) is 6.61 Å². The van der Waals surface area contributed by atoms with Crippen molar-refractivity contribution in [3.8, 4) is 17.0 Å². The highest BCUT2D eigenvalue weighted by Gasteiger charge is 2.16. The molecule has 1 N–H and O–H groups in total. The van der Waals surface area contributed by atoms with Crippen molar-refractivity contribution in [2.24, 2.45) is 0 Å². The summed E-state index contributed by atoms with van der Waals surface area (Å²) in [6, 6.07) is 11.8. The fraction of sp³-hybridized carbons (Fsp3) is 0.105.